The van der Waals surface area contributed by atoms with E-state index in [1.54, 1.807) is 7.11 Å². The molecule has 0 spiro atoms. The average molecular weight is 193 g/mol. The minimum atomic E-state index is 0.532. The third-order valence-corrected chi connectivity index (χ3v) is 2.59. The highest BCUT2D eigenvalue weighted by molar-refractivity contribution is 5.37. The lowest BCUT2D eigenvalue weighted by Crippen LogP contribution is -2.04. The lowest BCUT2D eigenvalue weighted by Gasteiger charge is -2.12. The molecule has 1 rings (SSSR count). The molecular formula is C12H19NO. The van der Waals surface area contributed by atoms with Crippen LogP contribution in [0.3, 0.4) is 0 Å². The molecule has 0 saturated heterocycles. The lowest BCUT2D eigenvalue weighted by atomic mass is 9.96. The molecule has 0 radical (unpaired) electrons. The Morgan fingerprint density at radius 3 is 2.64 bits per heavy atom. The molecule has 2 heteroatoms. The standard InChI is InChI=1S/C12H19NO/c1-9(6-7-13)11-4-5-12(14-3)10(2)8-11/h4-5,8-9H,6-7,13H2,1-3H3/t9-/m1/s1. The molecule has 2 N–H and O–H groups in total. The van der Waals surface area contributed by atoms with Gasteiger partial charge in [0.15, 0.2) is 0 Å². The summed E-state index contributed by atoms with van der Waals surface area (Å²) in [4.78, 5) is 0. The van der Waals surface area contributed by atoms with Crippen molar-refractivity contribution in [1.29, 1.82) is 0 Å². The van der Waals surface area contributed by atoms with Gasteiger partial charge in [0.1, 0.15) is 5.75 Å². The Morgan fingerprint density at radius 2 is 2.14 bits per heavy atom. The lowest BCUT2D eigenvalue weighted by molar-refractivity contribution is 0.411. The van der Waals surface area contributed by atoms with Crippen LogP contribution in [0.1, 0.15) is 30.4 Å². The Labute approximate surface area is 86.1 Å². The summed E-state index contributed by atoms with van der Waals surface area (Å²) in [7, 11) is 1.70. The van der Waals surface area contributed by atoms with Crippen molar-refractivity contribution in [2.45, 2.75) is 26.2 Å². The second-order valence-corrected chi connectivity index (χ2v) is 3.71. The van der Waals surface area contributed by atoms with Crippen molar-refractivity contribution < 1.29 is 4.74 Å². The van der Waals surface area contributed by atoms with E-state index in [0.29, 0.717) is 5.92 Å². The van der Waals surface area contributed by atoms with E-state index in [2.05, 4.69) is 26.0 Å². The normalized spacial score (nSPS) is 12.6. The molecule has 0 fully saturated rings. The maximum atomic E-state index is 5.54. The van der Waals surface area contributed by atoms with Gasteiger partial charge in [0.05, 0.1) is 7.11 Å². The smallest absolute Gasteiger partial charge is 0.121 e. The van der Waals surface area contributed by atoms with E-state index in [9.17, 15) is 0 Å². The second-order valence-electron chi connectivity index (χ2n) is 3.71. The molecule has 0 heterocycles. The largest absolute Gasteiger partial charge is 0.496 e. The summed E-state index contributed by atoms with van der Waals surface area (Å²) < 4.78 is 5.21. The van der Waals surface area contributed by atoms with Gasteiger partial charge in [0.25, 0.3) is 0 Å². The van der Waals surface area contributed by atoms with Gasteiger partial charge < -0.3 is 10.5 Å². The van der Waals surface area contributed by atoms with Crippen molar-refractivity contribution in [3.63, 3.8) is 0 Å². The zero-order valence-electron chi connectivity index (χ0n) is 9.21. The SMILES string of the molecule is COc1ccc([C@H](C)CCN)cc1C. The van der Waals surface area contributed by atoms with E-state index in [1.165, 1.54) is 11.1 Å². The third-order valence-electron chi connectivity index (χ3n) is 2.59. The summed E-state index contributed by atoms with van der Waals surface area (Å²) in [5, 5.41) is 0. The quantitative estimate of drug-likeness (QED) is 0.797. The van der Waals surface area contributed by atoms with Gasteiger partial charge in [-0.05, 0) is 43.0 Å². The zero-order chi connectivity index (χ0) is 10.6. The van der Waals surface area contributed by atoms with Gasteiger partial charge in [-0.15, -0.1) is 0 Å². The number of hydrogen-bond donors (Lipinski definition) is 1. The molecule has 0 unspecified atom stereocenters. The summed E-state index contributed by atoms with van der Waals surface area (Å²) in [6.07, 6.45) is 1.03. The minimum absolute atomic E-state index is 0.532. The summed E-state index contributed by atoms with van der Waals surface area (Å²) >= 11 is 0. The van der Waals surface area contributed by atoms with Gasteiger partial charge >= 0.3 is 0 Å². The van der Waals surface area contributed by atoms with E-state index in [0.717, 1.165) is 18.7 Å². The number of rotatable bonds is 4. The van der Waals surface area contributed by atoms with Crippen molar-refractivity contribution in [3.8, 4) is 5.75 Å². The summed E-state index contributed by atoms with van der Waals surface area (Å²) in [5.74, 6) is 1.48. The first-order valence-corrected chi connectivity index (χ1v) is 5.03. The molecule has 14 heavy (non-hydrogen) atoms. The van der Waals surface area contributed by atoms with Crippen molar-refractivity contribution in [2.75, 3.05) is 13.7 Å². The van der Waals surface area contributed by atoms with Crippen LogP contribution in [0.5, 0.6) is 5.75 Å². The maximum absolute atomic E-state index is 5.54. The van der Waals surface area contributed by atoms with E-state index in [1.807, 2.05) is 6.07 Å². The van der Waals surface area contributed by atoms with Gasteiger partial charge in [0, 0.05) is 0 Å². The summed E-state index contributed by atoms with van der Waals surface area (Å²) in [6, 6.07) is 6.32. The van der Waals surface area contributed by atoms with E-state index in [4.69, 9.17) is 10.5 Å². The number of hydrogen-bond acceptors (Lipinski definition) is 2. The first-order chi connectivity index (χ1) is 6.69. The first-order valence-electron chi connectivity index (χ1n) is 5.03. The highest BCUT2D eigenvalue weighted by Crippen LogP contribution is 2.24. The molecule has 0 saturated carbocycles. The van der Waals surface area contributed by atoms with Gasteiger partial charge in [0.2, 0.25) is 0 Å². The number of ether oxygens (including phenoxy) is 1. The highest BCUT2D eigenvalue weighted by Gasteiger charge is 2.06. The molecule has 0 bridgehead atoms. The number of nitrogens with two attached hydrogens (primary N) is 1. The molecule has 1 aromatic rings. The molecule has 0 aliphatic rings. The van der Waals surface area contributed by atoms with Crippen molar-refractivity contribution in [1.82, 2.24) is 0 Å². The molecule has 2 nitrogen and oxygen atoms in total. The van der Waals surface area contributed by atoms with Crippen LogP contribution in [0.15, 0.2) is 18.2 Å². The van der Waals surface area contributed by atoms with Crippen LogP contribution in [-0.4, -0.2) is 13.7 Å². The monoisotopic (exact) mass is 193 g/mol. The topological polar surface area (TPSA) is 35.2 Å². The Balaban J connectivity index is 2.85. The number of benzene rings is 1. The van der Waals surface area contributed by atoms with Crippen LogP contribution in [-0.2, 0) is 0 Å². The molecule has 1 atom stereocenters. The first kappa shape index (κ1) is 11.1. The number of methoxy groups -OCH3 is 1. The van der Waals surface area contributed by atoms with Crippen LogP contribution in [0.25, 0.3) is 0 Å². The Kier molecular flexibility index (Phi) is 3.96. The predicted molar refractivity (Wildman–Crippen MR) is 59.8 cm³/mol. The highest BCUT2D eigenvalue weighted by atomic mass is 16.5. The average Bonchev–Trinajstić information content (AvgIpc) is 2.18. The molecule has 0 amide bonds. The van der Waals surface area contributed by atoms with Crippen LogP contribution < -0.4 is 10.5 Å². The van der Waals surface area contributed by atoms with Crippen molar-refractivity contribution in [3.05, 3.63) is 29.3 Å². The van der Waals surface area contributed by atoms with E-state index in [-0.39, 0.29) is 0 Å². The molecule has 0 aliphatic heterocycles. The zero-order valence-corrected chi connectivity index (χ0v) is 9.21. The maximum Gasteiger partial charge on any atom is 0.121 e. The van der Waals surface area contributed by atoms with Crippen LogP contribution >= 0.6 is 0 Å². The number of aryl methyl sites for hydroxylation is 1. The summed E-state index contributed by atoms with van der Waals surface area (Å²) in [6.45, 7) is 5.01. The van der Waals surface area contributed by atoms with E-state index >= 15 is 0 Å². The fraction of sp³-hybridized carbons (Fsp3) is 0.500. The predicted octanol–water partition coefficient (Wildman–Crippen LogP) is 2.46. The Bertz CT molecular complexity index is 296. The third kappa shape index (κ3) is 2.48. The molecule has 1 aromatic carbocycles. The van der Waals surface area contributed by atoms with Gasteiger partial charge in [-0.1, -0.05) is 19.1 Å². The van der Waals surface area contributed by atoms with Gasteiger partial charge in [-0.25, -0.2) is 0 Å². The second kappa shape index (κ2) is 5.01. The van der Waals surface area contributed by atoms with Gasteiger partial charge in [-0.2, -0.15) is 0 Å². The van der Waals surface area contributed by atoms with E-state index < -0.39 is 0 Å². The van der Waals surface area contributed by atoms with Crippen molar-refractivity contribution in [2.24, 2.45) is 5.73 Å². The van der Waals surface area contributed by atoms with Crippen LogP contribution in [0.4, 0.5) is 0 Å². The van der Waals surface area contributed by atoms with Crippen molar-refractivity contribution >= 4 is 0 Å². The summed E-state index contributed by atoms with van der Waals surface area (Å²) in [5.41, 5.74) is 8.07. The van der Waals surface area contributed by atoms with Crippen LogP contribution in [0, 0.1) is 6.92 Å². The molecule has 0 aliphatic carbocycles. The Morgan fingerprint density at radius 1 is 1.43 bits per heavy atom. The molecular weight excluding hydrogens is 174 g/mol. The fourth-order valence-corrected chi connectivity index (χ4v) is 1.62. The Hall–Kier alpha value is -1.02. The van der Waals surface area contributed by atoms with Crippen LogP contribution in [0.2, 0.25) is 0 Å². The minimum Gasteiger partial charge on any atom is -0.496 e. The molecule has 78 valence electrons. The molecule has 0 aromatic heterocycles. The van der Waals surface area contributed by atoms with Gasteiger partial charge in [-0.3, -0.25) is 0 Å². The fourth-order valence-electron chi connectivity index (χ4n) is 1.62.